The number of rotatable bonds is 1. The molecule has 0 atom stereocenters. The molecule has 0 aliphatic rings. The zero-order valence-corrected chi connectivity index (χ0v) is 13.2. The Labute approximate surface area is 138 Å². The summed E-state index contributed by atoms with van der Waals surface area (Å²) >= 11 is 0. The smallest absolute Gasteiger partial charge is 0.135 e. The van der Waals surface area contributed by atoms with Crippen molar-refractivity contribution >= 4 is 33.0 Å². The summed E-state index contributed by atoms with van der Waals surface area (Å²) in [7, 11) is 0. The topological polar surface area (TPSA) is 38.9 Å². The van der Waals surface area contributed by atoms with Crippen LogP contribution in [0.1, 0.15) is 5.69 Å². The summed E-state index contributed by atoms with van der Waals surface area (Å²) in [4.78, 5) is 9.52. The molecule has 0 saturated heterocycles. The minimum absolute atomic E-state index is 0.895. The van der Waals surface area contributed by atoms with E-state index in [0.29, 0.717) is 0 Å². The van der Waals surface area contributed by atoms with E-state index in [2.05, 4.69) is 18.2 Å². The first-order valence-corrected chi connectivity index (χ1v) is 7.95. The second-order valence-electron chi connectivity index (χ2n) is 5.96. The molecule has 3 heteroatoms. The van der Waals surface area contributed by atoms with E-state index in [9.17, 15) is 0 Å². The molecule has 114 valence electrons. The van der Waals surface area contributed by atoms with E-state index < -0.39 is 0 Å². The molecule has 0 unspecified atom stereocenters. The van der Waals surface area contributed by atoms with Gasteiger partial charge in [0.15, 0.2) is 0 Å². The van der Waals surface area contributed by atoms with Gasteiger partial charge in [0.2, 0.25) is 0 Å². The summed E-state index contributed by atoms with van der Waals surface area (Å²) in [5.41, 5.74) is 6.55. The van der Waals surface area contributed by atoms with Gasteiger partial charge in [0.05, 0.1) is 22.4 Å². The molecule has 5 rings (SSSR count). The Balaban J connectivity index is 1.79. The van der Waals surface area contributed by atoms with Crippen molar-refractivity contribution in [3.63, 3.8) is 0 Å². The number of nitrogens with zero attached hydrogens (tertiary/aromatic N) is 2. The largest absolute Gasteiger partial charge is 0.456 e. The first-order valence-electron chi connectivity index (χ1n) is 7.95. The third-order valence-corrected chi connectivity index (χ3v) is 4.39. The minimum atomic E-state index is 0.895. The number of furan rings is 1. The molecule has 2 heterocycles. The van der Waals surface area contributed by atoms with E-state index in [-0.39, 0.29) is 0 Å². The highest BCUT2D eigenvalue weighted by Crippen LogP contribution is 2.32. The monoisotopic (exact) mass is 310 g/mol. The molecule has 0 spiro atoms. The molecule has 0 bridgehead atoms. The number of para-hydroxylation sites is 3. The average Bonchev–Trinajstić information content (AvgIpc) is 2.99. The van der Waals surface area contributed by atoms with Crippen molar-refractivity contribution in [1.82, 2.24) is 9.97 Å². The van der Waals surface area contributed by atoms with Gasteiger partial charge in [-0.15, -0.1) is 0 Å². The molecule has 0 saturated carbocycles. The van der Waals surface area contributed by atoms with Crippen LogP contribution in [0.3, 0.4) is 0 Å². The molecule has 0 aliphatic heterocycles. The molecule has 0 aliphatic carbocycles. The standard InChI is InChI=1S/C21H14N2O/c1-13-21(23-18-8-4-3-7-17(18)22-13)14-10-11-20-16(12-14)15-6-2-5-9-19(15)24-20/h2-12H,1H3. The summed E-state index contributed by atoms with van der Waals surface area (Å²) in [5, 5.41) is 2.23. The van der Waals surface area contributed by atoms with Crippen LogP contribution in [0.4, 0.5) is 0 Å². The number of hydrogen-bond donors (Lipinski definition) is 0. The number of aromatic nitrogens is 2. The maximum atomic E-state index is 5.91. The van der Waals surface area contributed by atoms with Crippen LogP contribution in [-0.2, 0) is 0 Å². The van der Waals surface area contributed by atoms with Gasteiger partial charge >= 0.3 is 0 Å². The van der Waals surface area contributed by atoms with Gasteiger partial charge in [-0.25, -0.2) is 9.97 Å². The van der Waals surface area contributed by atoms with E-state index in [1.54, 1.807) is 0 Å². The predicted octanol–water partition coefficient (Wildman–Crippen LogP) is 5.50. The Morgan fingerprint density at radius 2 is 1.42 bits per heavy atom. The van der Waals surface area contributed by atoms with E-state index in [1.165, 1.54) is 0 Å². The van der Waals surface area contributed by atoms with Crippen molar-refractivity contribution in [3.05, 3.63) is 72.4 Å². The summed E-state index contributed by atoms with van der Waals surface area (Å²) < 4.78 is 5.91. The molecule has 0 N–H and O–H groups in total. The number of hydrogen-bond acceptors (Lipinski definition) is 3. The normalized spacial score (nSPS) is 11.5. The van der Waals surface area contributed by atoms with Crippen LogP contribution in [0.2, 0.25) is 0 Å². The Morgan fingerprint density at radius 3 is 2.29 bits per heavy atom. The maximum absolute atomic E-state index is 5.91. The fourth-order valence-corrected chi connectivity index (χ4v) is 3.24. The van der Waals surface area contributed by atoms with Gasteiger partial charge in [0.1, 0.15) is 11.2 Å². The van der Waals surface area contributed by atoms with Crippen LogP contribution in [0.25, 0.3) is 44.2 Å². The number of benzene rings is 3. The lowest BCUT2D eigenvalue weighted by Crippen LogP contribution is -1.94. The summed E-state index contributed by atoms with van der Waals surface area (Å²) in [6.07, 6.45) is 0. The average molecular weight is 310 g/mol. The van der Waals surface area contributed by atoms with Gasteiger partial charge in [-0.05, 0) is 43.3 Å². The fourth-order valence-electron chi connectivity index (χ4n) is 3.24. The van der Waals surface area contributed by atoms with E-state index >= 15 is 0 Å². The van der Waals surface area contributed by atoms with Crippen molar-refractivity contribution < 1.29 is 4.42 Å². The molecule has 3 aromatic carbocycles. The van der Waals surface area contributed by atoms with Crippen molar-refractivity contribution in [2.24, 2.45) is 0 Å². The highest BCUT2D eigenvalue weighted by Gasteiger charge is 2.11. The van der Waals surface area contributed by atoms with Gasteiger partial charge in [0.25, 0.3) is 0 Å². The quantitative estimate of drug-likeness (QED) is 0.410. The van der Waals surface area contributed by atoms with Crippen LogP contribution in [0.5, 0.6) is 0 Å². The highest BCUT2D eigenvalue weighted by molar-refractivity contribution is 6.06. The summed E-state index contributed by atoms with van der Waals surface area (Å²) in [6, 6.07) is 22.3. The molecule has 2 aromatic heterocycles. The van der Waals surface area contributed by atoms with Crippen molar-refractivity contribution in [2.45, 2.75) is 6.92 Å². The Bertz CT molecular complexity index is 1220. The van der Waals surface area contributed by atoms with Gasteiger partial charge < -0.3 is 4.42 Å². The second-order valence-corrected chi connectivity index (χ2v) is 5.96. The SMILES string of the molecule is Cc1nc2ccccc2nc1-c1ccc2oc3ccccc3c2c1. The second kappa shape index (κ2) is 4.90. The minimum Gasteiger partial charge on any atom is -0.456 e. The lowest BCUT2D eigenvalue weighted by atomic mass is 10.1. The summed E-state index contributed by atoms with van der Waals surface area (Å²) in [5.74, 6) is 0. The van der Waals surface area contributed by atoms with E-state index in [1.807, 2.05) is 55.5 Å². The van der Waals surface area contributed by atoms with Crippen LogP contribution in [0.15, 0.2) is 71.1 Å². The zero-order valence-electron chi connectivity index (χ0n) is 13.2. The van der Waals surface area contributed by atoms with Crippen LogP contribution >= 0.6 is 0 Å². The Hall–Kier alpha value is -3.20. The van der Waals surface area contributed by atoms with Crippen LogP contribution in [-0.4, -0.2) is 9.97 Å². The number of fused-ring (bicyclic) bond motifs is 4. The van der Waals surface area contributed by atoms with E-state index in [0.717, 1.165) is 49.9 Å². The molecule has 5 aromatic rings. The van der Waals surface area contributed by atoms with Crippen molar-refractivity contribution in [3.8, 4) is 11.3 Å². The van der Waals surface area contributed by atoms with Gasteiger partial charge in [-0.3, -0.25) is 0 Å². The molecule has 0 amide bonds. The lowest BCUT2D eigenvalue weighted by Gasteiger charge is -2.07. The maximum Gasteiger partial charge on any atom is 0.135 e. The van der Waals surface area contributed by atoms with E-state index in [4.69, 9.17) is 14.4 Å². The Morgan fingerprint density at radius 1 is 0.708 bits per heavy atom. The van der Waals surface area contributed by atoms with Gasteiger partial charge in [0, 0.05) is 16.3 Å². The van der Waals surface area contributed by atoms with Gasteiger partial charge in [-0.2, -0.15) is 0 Å². The molecular weight excluding hydrogens is 296 g/mol. The third kappa shape index (κ3) is 1.91. The van der Waals surface area contributed by atoms with Gasteiger partial charge in [-0.1, -0.05) is 30.3 Å². The van der Waals surface area contributed by atoms with Crippen LogP contribution < -0.4 is 0 Å². The fraction of sp³-hybridized carbons (Fsp3) is 0.0476. The zero-order chi connectivity index (χ0) is 16.1. The molecular formula is C21H14N2O. The molecule has 0 radical (unpaired) electrons. The highest BCUT2D eigenvalue weighted by atomic mass is 16.3. The van der Waals surface area contributed by atoms with Crippen molar-refractivity contribution in [2.75, 3.05) is 0 Å². The number of aryl methyl sites for hydroxylation is 1. The molecule has 0 fully saturated rings. The molecule has 3 nitrogen and oxygen atoms in total. The molecule has 24 heavy (non-hydrogen) atoms. The first-order chi connectivity index (χ1) is 11.8. The predicted molar refractivity (Wildman–Crippen MR) is 97.0 cm³/mol. The third-order valence-electron chi connectivity index (χ3n) is 4.39. The lowest BCUT2D eigenvalue weighted by molar-refractivity contribution is 0.669. The summed E-state index contributed by atoms with van der Waals surface area (Å²) in [6.45, 7) is 2.01. The Kier molecular flexibility index (Phi) is 2.71. The van der Waals surface area contributed by atoms with Crippen LogP contribution in [0, 0.1) is 6.92 Å². The first kappa shape index (κ1) is 13.3. The van der Waals surface area contributed by atoms with Crippen molar-refractivity contribution in [1.29, 1.82) is 0 Å².